The smallest absolute Gasteiger partial charge is 0.243 e. The second-order valence-corrected chi connectivity index (χ2v) is 7.95. The van der Waals surface area contributed by atoms with E-state index in [-0.39, 0.29) is 11.9 Å². The van der Waals surface area contributed by atoms with E-state index in [0.717, 1.165) is 10.9 Å². The third-order valence-electron chi connectivity index (χ3n) is 3.89. The van der Waals surface area contributed by atoms with Gasteiger partial charge in [0.1, 0.15) is 0 Å². The van der Waals surface area contributed by atoms with Gasteiger partial charge in [-0.3, -0.25) is 4.79 Å². The molecule has 0 bridgehead atoms. The molecule has 0 aliphatic carbocycles. The van der Waals surface area contributed by atoms with E-state index in [4.69, 9.17) is 0 Å². The Balaban J connectivity index is 1.84. The van der Waals surface area contributed by atoms with Gasteiger partial charge in [0.15, 0.2) is 0 Å². The Morgan fingerprint density at radius 2 is 2.05 bits per heavy atom. The molecule has 1 aromatic carbocycles. The van der Waals surface area contributed by atoms with Crippen molar-refractivity contribution < 1.29 is 13.2 Å². The fraction of sp³-hybridized carbons (Fsp3) is 0.462. The van der Waals surface area contributed by atoms with E-state index in [1.807, 2.05) is 4.90 Å². The van der Waals surface area contributed by atoms with Gasteiger partial charge in [-0.1, -0.05) is 22.0 Å². The second kappa shape index (κ2) is 5.13. The summed E-state index contributed by atoms with van der Waals surface area (Å²) in [5.74, 6) is 0.148. The van der Waals surface area contributed by atoms with Crippen molar-refractivity contribution in [3.8, 4) is 0 Å². The first-order valence-electron chi connectivity index (χ1n) is 6.54. The Bertz CT molecular complexity index is 647. The van der Waals surface area contributed by atoms with Crippen molar-refractivity contribution in [3.63, 3.8) is 0 Å². The number of sulfonamides is 1. The number of hydrogen-bond donors (Lipinski definition) is 0. The van der Waals surface area contributed by atoms with Gasteiger partial charge in [0, 0.05) is 36.6 Å². The Labute approximate surface area is 126 Å². The predicted octanol–water partition coefficient (Wildman–Crippen LogP) is 1.44. The number of rotatable bonds is 2. The molecule has 0 N–H and O–H groups in total. The summed E-state index contributed by atoms with van der Waals surface area (Å²) in [6, 6.07) is 6.77. The molecular weight excluding hydrogens is 344 g/mol. The molecule has 1 unspecified atom stereocenters. The van der Waals surface area contributed by atoms with E-state index >= 15 is 0 Å². The maximum Gasteiger partial charge on any atom is 0.243 e. The lowest BCUT2D eigenvalue weighted by molar-refractivity contribution is -0.130. The minimum Gasteiger partial charge on any atom is -0.337 e. The molecule has 1 atom stereocenters. The Morgan fingerprint density at radius 3 is 2.80 bits per heavy atom. The molecule has 5 nitrogen and oxygen atoms in total. The monoisotopic (exact) mass is 358 g/mol. The molecule has 0 saturated carbocycles. The number of halogens is 1. The normalized spacial score (nSPS) is 23.9. The van der Waals surface area contributed by atoms with Crippen LogP contribution in [0.15, 0.2) is 33.6 Å². The third-order valence-corrected chi connectivity index (χ3v) is 6.25. The molecule has 2 saturated heterocycles. The van der Waals surface area contributed by atoms with Crippen LogP contribution in [-0.2, 0) is 14.8 Å². The van der Waals surface area contributed by atoms with Crippen LogP contribution in [0.4, 0.5) is 0 Å². The number of piperazine rings is 1. The van der Waals surface area contributed by atoms with Gasteiger partial charge in [-0.2, -0.15) is 4.31 Å². The molecule has 2 aliphatic rings. The van der Waals surface area contributed by atoms with Gasteiger partial charge in [-0.15, -0.1) is 0 Å². The molecule has 1 aromatic rings. The van der Waals surface area contributed by atoms with Crippen molar-refractivity contribution in [2.75, 3.05) is 19.6 Å². The molecule has 1 amide bonds. The van der Waals surface area contributed by atoms with Gasteiger partial charge in [-0.05, 0) is 24.6 Å². The SMILES string of the molecule is O=C1CCC2CN(S(=O)(=O)c3cccc(Br)c3)CCN12. The zero-order valence-corrected chi connectivity index (χ0v) is 13.2. The number of fused-ring (bicyclic) bond motifs is 1. The van der Waals surface area contributed by atoms with E-state index in [9.17, 15) is 13.2 Å². The highest BCUT2D eigenvalue weighted by Gasteiger charge is 2.39. The van der Waals surface area contributed by atoms with Crippen LogP contribution in [0, 0.1) is 0 Å². The molecule has 108 valence electrons. The number of carbonyl (C=O) groups excluding carboxylic acids is 1. The van der Waals surface area contributed by atoms with Crippen LogP contribution >= 0.6 is 15.9 Å². The average Bonchev–Trinajstić information content (AvgIpc) is 2.80. The summed E-state index contributed by atoms with van der Waals surface area (Å²) in [6.07, 6.45) is 1.29. The van der Waals surface area contributed by atoms with Crippen LogP contribution < -0.4 is 0 Å². The highest BCUT2D eigenvalue weighted by atomic mass is 79.9. The minimum atomic E-state index is -3.48. The number of hydrogen-bond acceptors (Lipinski definition) is 3. The van der Waals surface area contributed by atoms with Crippen molar-refractivity contribution in [2.45, 2.75) is 23.8 Å². The Hall–Kier alpha value is -0.920. The van der Waals surface area contributed by atoms with Gasteiger partial charge in [-0.25, -0.2) is 8.42 Å². The first kappa shape index (κ1) is 14.0. The molecule has 0 radical (unpaired) electrons. The largest absolute Gasteiger partial charge is 0.337 e. The number of carbonyl (C=O) groups is 1. The summed E-state index contributed by atoms with van der Waals surface area (Å²) in [4.78, 5) is 13.7. The summed E-state index contributed by atoms with van der Waals surface area (Å²) in [6.45, 7) is 1.27. The van der Waals surface area contributed by atoms with Crippen molar-refractivity contribution in [3.05, 3.63) is 28.7 Å². The quantitative estimate of drug-likeness (QED) is 0.803. The van der Waals surface area contributed by atoms with Gasteiger partial charge in [0.05, 0.1) is 4.90 Å². The fourth-order valence-electron chi connectivity index (χ4n) is 2.83. The van der Waals surface area contributed by atoms with E-state index in [2.05, 4.69) is 15.9 Å². The summed E-state index contributed by atoms with van der Waals surface area (Å²) >= 11 is 3.30. The first-order valence-corrected chi connectivity index (χ1v) is 8.77. The number of benzene rings is 1. The zero-order valence-electron chi connectivity index (χ0n) is 10.8. The van der Waals surface area contributed by atoms with E-state index in [1.165, 1.54) is 4.31 Å². The van der Waals surface area contributed by atoms with Crippen LogP contribution in [0.25, 0.3) is 0 Å². The van der Waals surface area contributed by atoms with E-state index < -0.39 is 10.0 Å². The number of amides is 1. The van der Waals surface area contributed by atoms with E-state index in [0.29, 0.717) is 31.0 Å². The van der Waals surface area contributed by atoms with Crippen LogP contribution in [0.2, 0.25) is 0 Å². The summed E-state index contributed by atoms with van der Waals surface area (Å²) < 4.78 is 27.5. The van der Waals surface area contributed by atoms with Crippen LogP contribution in [0.3, 0.4) is 0 Å². The lowest BCUT2D eigenvalue weighted by Crippen LogP contribution is -2.53. The average molecular weight is 359 g/mol. The van der Waals surface area contributed by atoms with Gasteiger partial charge in [0.2, 0.25) is 15.9 Å². The predicted molar refractivity (Wildman–Crippen MR) is 77.6 cm³/mol. The molecule has 3 rings (SSSR count). The zero-order chi connectivity index (χ0) is 14.3. The lowest BCUT2D eigenvalue weighted by atomic mass is 10.2. The molecule has 7 heteroatoms. The molecular formula is C13H15BrN2O3S. The minimum absolute atomic E-state index is 0.0400. The molecule has 0 spiro atoms. The molecule has 2 fully saturated rings. The standard InChI is InChI=1S/C13H15BrN2O3S/c14-10-2-1-3-12(8-10)20(18,19)15-6-7-16-11(9-15)4-5-13(16)17/h1-3,8,11H,4-7,9H2. The van der Waals surface area contributed by atoms with Crippen molar-refractivity contribution >= 4 is 31.9 Å². The first-order chi connectivity index (χ1) is 9.48. The second-order valence-electron chi connectivity index (χ2n) is 5.10. The van der Waals surface area contributed by atoms with Gasteiger partial charge in [0.25, 0.3) is 0 Å². The summed E-state index contributed by atoms with van der Waals surface area (Å²) in [7, 11) is -3.48. The van der Waals surface area contributed by atoms with Crippen LogP contribution in [0.1, 0.15) is 12.8 Å². The topological polar surface area (TPSA) is 57.7 Å². The van der Waals surface area contributed by atoms with Crippen molar-refractivity contribution in [1.29, 1.82) is 0 Å². The summed E-state index contributed by atoms with van der Waals surface area (Å²) in [5.41, 5.74) is 0. The van der Waals surface area contributed by atoms with Crippen molar-refractivity contribution in [2.24, 2.45) is 0 Å². The highest BCUT2D eigenvalue weighted by molar-refractivity contribution is 9.10. The summed E-state index contributed by atoms with van der Waals surface area (Å²) in [5, 5.41) is 0. The Kier molecular flexibility index (Phi) is 3.60. The third kappa shape index (κ3) is 2.38. The Morgan fingerprint density at radius 1 is 1.25 bits per heavy atom. The van der Waals surface area contributed by atoms with Gasteiger partial charge >= 0.3 is 0 Å². The molecule has 0 aromatic heterocycles. The van der Waals surface area contributed by atoms with Crippen LogP contribution in [0.5, 0.6) is 0 Å². The molecule has 20 heavy (non-hydrogen) atoms. The number of nitrogens with zero attached hydrogens (tertiary/aromatic N) is 2. The molecule has 2 heterocycles. The van der Waals surface area contributed by atoms with Gasteiger partial charge < -0.3 is 4.90 Å². The lowest BCUT2D eigenvalue weighted by Gasteiger charge is -2.36. The highest BCUT2D eigenvalue weighted by Crippen LogP contribution is 2.27. The molecule has 2 aliphatic heterocycles. The maximum atomic E-state index is 12.6. The van der Waals surface area contributed by atoms with Crippen molar-refractivity contribution in [1.82, 2.24) is 9.21 Å². The van der Waals surface area contributed by atoms with Crippen LogP contribution in [-0.4, -0.2) is 49.2 Å². The maximum absolute atomic E-state index is 12.6. The van der Waals surface area contributed by atoms with E-state index in [1.54, 1.807) is 24.3 Å². The fourth-order valence-corrected chi connectivity index (χ4v) is 4.90.